The van der Waals surface area contributed by atoms with Crippen LogP contribution in [0.1, 0.15) is 25.0 Å². The predicted octanol–water partition coefficient (Wildman–Crippen LogP) is 3.01. The molecule has 22 heavy (non-hydrogen) atoms. The average molecular weight is 316 g/mol. The summed E-state index contributed by atoms with van der Waals surface area (Å²) in [5.74, 6) is -7.50. The molecule has 0 aliphatic heterocycles. The number of nitrogens with zero attached hydrogens (tertiary/aromatic N) is 2. The maximum Gasteiger partial charge on any atom is 0.180 e. The van der Waals surface area contributed by atoms with E-state index in [1.165, 1.54) is 13.0 Å². The molecule has 1 aromatic carbocycles. The average Bonchev–Trinajstić information content (AvgIpc) is 2.52. The highest BCUT2D eigenvalue weighted by molar-refractivity contribution is 5.79. The van der Waals surface area contributed by atoms with Gasteiger partial charge in [-0.05, 0) is 13.8 Å². The molecule has 0 bridgehead atoms. The lowest BCUT2D eigenvalue weighted by atomic mass is 10.0. The van der Waals surface area contributed by atoms with Crippen LogP contribution in [-0.4, -0.2) is 18.8 Å². The highest BCUT2D eigenvalue weighted by atomic mass is 19.2. The normalized spacial score (nSPS) is 10.6. The van der Waals surface area contributed by atoms with E-state index in [1.54, 1.807) is 6.92 Å². The van der Waals surface area contributed by atoms with Gasteiger partial charge in [-0.2, -0.15) is 10.5 Å². The molecular weight excluding hydrogens is 304 g/mol. The summed E-state index contributed by atoms with van der Waals surface area (Å²) in [6, 6.07) is 2.46. The van der Waals surface area contributed by atoms with Gasteiger partial charge in [-0.25, -0.2) is 17.6 Å². The van der Waals surface area contributed by atoms with Gasteiger partial charge < -0.3 is 9.84 Å². The van der Waals surface area contributed by atoms with E-state index in [4.69, 9.17) is 20.4 Å². The Balaban J connectivity index is 0.00000211. The van der Waals surface area contributed by atoms with Crippen LogP contribution in [0.5, 0.6) is 0 Å². The van der Waals surface area contributed by atoms with Gasteiger partial charge in [0.1, 0.15) is 29.0 Å². The second-order valence-corrected chi connectivity index (χ2v) is 3.59. The predicted molar refractivity (Wildman–Crippen MR) is 69.0 cm³/mol. The molecule has 0 saturated heterocycles. The molecule has 0 fully saturated rings. The van der Waals surface area contributed by atoms with Crippen LogP contribution in [-0.2, 0) is 4.74 Å². The molecule has 118 valence electrons. The smallest absolute Gasteiger partial charge is 0.180 e. The Hall–Kier alpha value is -2.58. The first-order valence-corrected chi connectivity index (χ1v) is 5.85. The van der Waals surface area contributed by atoms with E-state index in [0.29, 0.717) is 0 Å². The van der Waals surface area contributed by atoms with Crippen molar-refractivity contribution >= 4 is 5.57 Å². The molecule has 1 aromatic rings. The van der Waals surface area contributed by atoms with Gasteiger partial charge in [-0.3, -0.25) is 0 Å². The third kappa shape index (κ3) is 3.54. The van der Waals surface area contributed by atoms with Crippen molar-refractivity contribution in [3.05, 3.63) is 40.2 Å². The highest BCUT2D eigenvalue weighted by Crippen LogP contribution is 2.30. The van der Waals surface area contributed by atoms with Crippen molar-refractivity contribution < 1.29 is 27.4 Å². The van der Waals surface area contributed by atoms with Crippen LogP contribution in [0.3, 0.4) is 0 Å². The van der Waals surface area contributed by atoms with Gasteiger partial charge in [-0.15, -0.1) is 0 Å². The molecule has 0 atom stereocenters. The third-order valence-corrected chi connectivity index (χ3v) is 2.45. The van der Waals surface area contributed by atoms with Crippen molar-refractivity contribution in [3.63, 3.8) is 0 Å². The van der Waals surface area contributed by atoms with Crippen molar-refractivity contribution in [1.29, 1.82) is 10.5 Å². The van der Waals surface area contributed by atoms with Crippen LogP contribution in [0.4, 0.5) is 17.6 Å². The Bertz CT molecular complexity index is 644. The zero-order valence-electron chi connectivity index (χ0n) is 12.0. The number of hydrogen-bond acceptors (Lipinski definition) is 4. The zero-order chi connectivity index (χ0) is 17.4. The summed E-state index contributed by atoms with van der Waals surface area (Å²) in [7, 11) is 1.00. The van der Waals surface area contributed by atoms with Gasteiger partial charge in [0.15, 0.2) is 23.3 Å². The fourth-order valence-electron chi connectivity index (χ4n) is 1.55. The number of allylic oxidation sites excluding steroid dienone is 2. The fraction of sp³-hybridized carbons (Fsp3) is 0.286. The highest BCUT2D eigenvalue weighted by Gasteiger charge is 2.28. The summed E-state index contributed by atoms with van der Waals surface area (Å²) >= 11 is 0. The van der Waals surface area contributed by atoms with Crippen LogP contribution in [0.25, 0.3) is 5.57 Å². The lowest BCUT2D eigenvalue weighted by Gasteiger charge is -2.10. The zero-order valence-corrected chi connectivity index (χ0v) is 12.0. The van der Waals surface area contributed by atoms with Crippen LogP contribution in [0.2, 0.25) is 0 Å². The Morgan fingerprint density at radius 1 is 1.05 bits per heavy atom. The molecule has 8 heteroatoms. The minimum absolute atomic E-state index is 0.0987. The van der Waals surface area contributed by atoms with Crippen molar-refractivity contribution in [1.82, 2.24) is 0 Å². The maximum absolute atomic E-state index is 13.8. The number of halogens is 4. The first kappa shape index (κ1) is 19.4. The van der Waals surface area contributed by atoms with Gasteiger partial charge >= 0.3 is 0 Å². The summed E-state index contributed by atoms with van der Waals surface area (Å²) in [5.41, 5.74) is -3.24. The SMILES string of the molecule is CCO/C(C)=C(/C#N)c1c(F)c(F)c(C#N)c(F)c1F.CO. The molecule has 0 spiro atoms. The van der Waals surface area contributed by atoms with Crippen molar-refractivity contribution in [3.8, 4) is 12.1 Å². The summed E-state index contributed by atoms with van der Waals surface area (Å²) in [6.45, 7) is 2.89. The minimum atomic E-state index is -1.85. The quantitative estimate of drug-likeness (QED) is 0.402. The first-order valence-electron chi connectivity index (χ1n) is 5.85. The van der Waals surface area contributed by atoms with E-state index >= 15 is 0 Å². The van der Waals surface area contributed by atoms with Crippen LogP contribution >= 0.6 is 0 Å². The van der Waals surface area contributed by atoms with E-state index in [2.05, 4.69) is 0 Å². The molecule has 0 aliphatic rings. The van der Waals surface area contributed by atoms with Crippen LogP contribution < -0.4 is 0 Å². The minimum Gasteiger partial charge on any atom is -0.497 e. The third-order valence-electron chi connectivity index (χ3n) is 2.45. The molecule has 1 rings (SSSR count). The number of hydrogen-bond donors (Lipinski definition) is 1. The Morgan fingerprint density at radius 2 is 1.50 bits per heavy atom. The van der Waals surface area contributed by atoms with Gasteiger partial charge in [0.05, 0.1) is 12.2 Å². The molecular formula is C14H12F4N2O2. The fourth-order valence-corrected chi connectivity index (χ4v) is 1.55. The summed E-state index contributed by atoms with van der Waals surface area (Å²) in [4.78, 5) is 0. The molecule has 0 heterocycles. The molecule has 0 unspecified atom stereocenters. The second-order valence-electron chi connectivity index (χ2n) is 3.59. The van der Waals surface area contributed by atoms with Crippen molar-refractivity contribution in [2.24, 2.45) is 0 Å². The summed E-state index contributed by atoms with van der Waals surface area (Å²) in [5, 5.41) is 24.4. The number of ether oxygens (including phenoxy) is 1. The molecule has 0 saturated carbocycles. The molecule has 0 aliphatic carbocycles. The molecule has 1 N–H and O–H groups in total. The Labute approximate surface area is 124 Å². The summed E-state index contributed by atoms with van der Waals surface area (Å²) < 4.78 is 59.4. The monoisotopic (exact) mass is 316 g/mol. The topological polar surface area (TPSA) is 77.0 Å². The van der Waals surface area contributed by atoms with Crippen molar-refractivity contribution in [2.45, 2.75) is 13.8 Å². The Kier molecular flexibility index (Phi) is 7.64. The van der Waals surface area contributed by atoms with Gasteiger partial charge in [0, 0.05) is 7.11 Å². The molecule has 0 aromatic heterocycles. The number of benzene rings is 1. The first-order chi connectivity index (χ1) is 10.4. The molecule has 4 nitrogen and oxygen atoms in total. The standard InChI is InChI=1S/C13H8F4N2O.CH4O/c1-3-20-6(2)7(4-18)9-12(16)10(14)8(5-19)11(15)13(9)17;1-2/h3H2,1-2H3;2H,1H3/b7-6-;. The lowest BCUT2D eigenvalue weighted by Crippen LogP contribution is -2.07. The molecule has 0 radical (unpaired) electrons. The van der Waals surface area contributed by atoms with Gasteiger partial charge in [0.25, 0.3) is 0 Å². The molecule has 0 amide bonds. The summed E-state index contributed by atoms with van der Waals surface area (Å²) in [6.07, 6.45) is 0. The van der Waals surface area contributed by atoms with E-state index in [-0.39, 0.29) is 12.4 Å². The van der Waals surface area contributed by atoms with E-state index in [9.17, 15) is 17.6 Å². The number of aliphatic hydroxyl groups excluding tert-OH is 1. The van der Waals surface area contributed by atoms with E-state index in [1.807, 2.05) is 0 Å². The van der Waals surface area contributed by atoms with E-state index in [0.717, 1.165) is 13.2 Å². The van der Waals surface area contributed by atoms with Crippen molar-refractivity contribution in [2.75, 3.05) is 13.7 Å². The number of aliphatic hydroxyl groups is 1. The second kappa shape index (κ2) is 8.65. The van der Waals surface area contributed by atoms with Gasteiger partial charge in [0.2, 0.25) is 0 Å². The van der Waals surface area contributed by atoms with Gasteiger partial charge in [-0.1, -0.05) is 0 Å². The van der Waals surface area contributed by atoms with Crippen LogP contribution in [0.15, 0.2) is 5.76 Å². The van der Waals surface area contributed by atoms with E-state index < -0.39 is 40.0 Å². The Morgan fingerprint density at radius 3 is 1.82 bits per heavy atom. The number of nitriles is 2. The maximum atomic E-state index is 13.8. The lowest BCUT2D eigenvalue weighted by molar-refractivity contribution is 0.233. The largest absolute Gasteiger partial charge is 0.497 e. The van der Waals surface area contributed by atoms with Crippen LogP contribution in [0, 0.1) is 45.9 Å². The number of rotatable bonds is 3.